The van der Waals surface area contributed by atoms with Gasteiger partial charge in [0, 0.05) is 0 Å². The number of nitrogens with zero attached hydrogens (tertiary/aromatic N) is 3. The minimum absolute atomic E-state index is 0.0273. The summed E-state index contributed by atoms with van der Waals surface area (Å²) in [6.07, 6.45) is 1.78. The van der Waals surface area contributed by atoms with Gasteiger partial charge in [-0.2, -0.15) is 0 Å². The number of aryl methyl sites for hydroxylation is 1. The lowest BCUT2D eigenvalue weighted by Gasteiger charge is -2.19. The van der Waals surface area contributed by atoms with Gasteiger partial charge in [0.25, 0.3) is 5.56 Å². The quantitative estimate of drug-likeness (QED) is 0.527. The smallest absolute Gasteiger partial charge is 0.279 e. The fourth-order valence-electron chi connectivity index (χ4n) is 2.95. The minimum Gasteiger partial charge on any atom is -0.388 e. The van der Waals surface area contributed by atoms with Gasteiger partial charge in [-0.15, -0.1) is 13.2 Å². The number of aromatic nitrogens is 4. The maximum Gasteiger partial charge on any atom is 0.279 e. The van der Waals surface area contributed by atoms with Crippen LogP contribution in [-0.4, -0.2) is 73.8 Å². The molecular weight excluding hydrogens is 367 g/mol. The van der Waals surface area contributed by atoms with Crippen molar-refractivity contribution in [1.82, 2.24) is 19.5 Å². The number of aliphatic hydroxyl groups excluding tert-OH is 2. The highest BCUT2D eigenvalue weighted by atomic mass is 35.5. The zero-order chi connectivity index (χ0) is 18.5. The lowest BCUT2D eigenvalue weighted by molar-refractivity contribution is -0.0351. The van der Waals surface area contributed by atoms with Crippen LogP contribution in [0.4, 0.5) is 0 Å². The first-order valence-corrected chi connectivity index (χ1v) is 11.3. The first kappa shape index (κ1) is 18.6. The maximum atomic E-state index is 12.0. The van der Waals surface area contributed by atoms with Crippen molar-refractivity contribution in [3.05, 3.63) is 21.5 Å². The summed E-state index contributed by atoms with van der Waals surface area (Å²) in [5.41, 5.74) is -0.140. The summed E-state index contributed by atoms with van der Waals surface area (Å²) in [6, 6.07) is 0. The third-order valence-corrected chi connectivity index (χ3v) is 5.97. The molecule has 0 aliphatic carbocycles. The number of fused-ring (bicyclic) bond motifs is 1. The molecule has 1 fully saturated rings. The Morgan fingerprint density at radius 3 is 2.68 bits per heavy atom. The Labute approximate surface area is 149 Å². The zero-order valence-electron chi connectivity index (χ0n) is 14.3. The van der Waals surface area contributed by atoms with E-state index in [0.717, 1.165) is 6.16 Å². The van der Waals surface area contributed by atoms with Crippen LogP contribution >= 0.6 is 18.5 Å². The standard InChI is InChI=1S/C15H22ClN4O4P/c1-7-17-12-9(13(23)18-7)19-15(16)20(12)14-11(22)10(21)8(24-14)5-6-25(2,3)4/h8,10-11,14,21-22H,2,5-6H2,1,3-4H3,(H,17,18,23)/t8?,10-,11-,14-/m1/s1. The van der Waals surface area contributed by atoms with Crippen LogP contribution in [0.5, 0.6) is 0 Å². The molecule has 1 saturated heterocycles. The number of imidazole rings is 1. The molecule has 1 unspecified atom stereocenters. The lowest BCUT2D eigenvalue weighted by atomic mass is 10.1. The number of aliphatic hydroxyl groups is 2. The van der Waals surface area contributed by atoms with Gasteiger partial charge in [-0.05, 0) is 44.4 Å². The average Bonchev–Trinajstić information content (AvgIpc) is 2.95. The molecule has 0 spiro atoms. The molecule has 0 radical (unpaired) electrons. The highest BCUT2D eigenvalue weighted by Crippen LogP contribution is 2.40. The van der Waals surface area contributed by atoms with E-state index in [4.69, 9.17) is 16.3 Å². The van der Waals surface area contributed by atoms with Crippen molar-refractivity contribution in [3.8, 4) is 0 Å². The maximum absolute atomic E-state index is 12.0. The normalized spacial score (nSPS) is 27.3. The Kier molecular flexibility index (Phi) is 4.85. The molecule has 2 aromatic rings. The van der Waals surface area contributed by atoms with Crippen molar-refractivity contribution in [2.24, 2.45) is 0 Å². The SMILES string of the molecule is C=P(C)(C)CCC1O[C@@H](n2c(Cl)nc3c(=O)[nH]c(C)nc32)[C@H](O)[C@@H]1O. The first-order valence-electron chi connectivity index (χ1n) is 7.92. The first-order chi connectivity index (χ1) is 11.6. The van der Waals surface area contributed by atoms with Crippen LogP contribution in [0.15, 0.2) is 4.79 Å². The number of rotatable bonds is 4. The fraction of sp³-hybridized carbons (Fsp3) is 0.600. The Bertz CT molecular complexity index is 905. The molecule has 10 heteroatoms. The number of hydrogen-bond acceptors (Lipinski definition) is 6. The van der Waals surface area contributed by atoms with Gasteiger partial charge in [-0.1, -0.05) is 0 Å². The predicted octanol–water partition coefficient (Wildman–Crippen LogP) is 0.800. The van der Waals surface area contributed by atoms with Crippen LogP contribution in [0.3, 0.4) is 0 Å². The van der Waals surface area contributed by atoms with E-state index in [2.05, 4.69) is 34.6 Å². The van der Waals surface area contributed by atoms with Crippen LogP contribution < -0.4 is 5.56 Å². The van der Waals surface area contributed by atoms with Crippen LogP contribution in [0.25, 0.3) is 11.2 Å². The van der Waals surface area contributed by atoms with Crippen molar-refractivity contribution in [2.75, 3.05) is 19.5 Å². The fourth-order valence-corrected chi connectivity index (χ4v) is 4.16. The average molecular weight is 389 g/mol. The van der Waals surface area contributed by atoms with Gasteiger partial charge in [0.05, 0.1) is 6.10 Å². The molecule has 2 aromatic heterocycles. The third-order valence-electron chi connectivity index (χ3n) is 4.24. The molecule has 0 saturated carbocycles. The molecular formula is C15H22ClN4O4P. The molecule has 8 nitrogen and oxygen atoms in total. The molecule has 1 aliphatic heterocycles. The number of hydrogen-bond donors (Lipinski definition) is 3. The number of H-pyrrole nitrogens is 1. The minimum atomic E-state index is -1.28. The number of ether oxygens (including phenoxy) is 1. The topological polar surface area (TPSA) is 113 Å². The van der Waals surface area contributed by atoms with Gasteiger partial charge in [0.15, 0.2) is 17.4 Å². The van der Waals surface area contributed by atoms with E-state index in [9.17, 15) is 15.0 Å². The predicted molar refractivity (Wildman–Crippen MR) is 99.2 cm³/mol. The van der Waals surface area contributed by atoms with E-state index in [1.54, 1.807) is 6.92 Å². The summed E-state index contributed by atoms with van der Waals surface area (Å²) in [7, 11) is 0. The van der Waals surface area contributed by atoms with E-state index >= 15 is 0 Å². The van der Waals surface area contributed by atoms with E-state index in [1.165, 1.54) is 4.57 Å². The van der Waals surface area contributed by atoms with E-state index in [-0.39, 0.29) is 16.4 Å². The van der Waals surface area contributed by atoms with Crippen LogP contribution in [0.1, 0.15) is 18.5 Å². The summed E-state index contributed by atoms with van der Waals surface area (Å²) in [6.45, 7) is 4.55. The number of aromatic amines is 1. The van der Waals surface area contributed by atoms with Crippen molar-refractivity contribution in [1.29, 1.82) is 0 Å². The third kappa shape index (κ3) is 3.55. The Balaban J connectivity index is 1.97. The van der Waals surface area contributed by atoms with Crippen molar-refractivity contribution in [2.45, 2.75) is 37.9 Å². The largest absolute Gasteiger partial charge is 0.388 e. The van der Waals surface area contributed by atoms with Crippen molar-refractivity contribution >= 4 is 36.0 Å². The summed E-state index contributed by atoms with van der Waals surface area (Å²) in [5, 5.41) is 20.8. The second-order valence-corrected chi connectivity index (χ2v) is 11.7. The Morgan fingerprint density at radius 1 is 1.36 bits per heavy atom. The van der Waals surface area contributed by atoms with E-state index < -0.39 is 37.0 Å². The van der Waals surface area contributed by atoms with Gasteiger partial charge >= 0.3 is 0 Å². The Hall–Kier alpha value is -1.18. The number of nitrogens with one attached hydrogen (secondary N) is 1. The van der Waals surface area contributed by atoms with Crippen LogP contribution in [-0.2, 0) is 4.74 Å². The van der Waals surface area contributed by atoms with E-state index in [0.29, 0.717) is 12.2 Å². The molecule has 1 aliphatic rings. The molecule has 25 heavy (non-hydrogen) atoms. The summed E-state index contributed by atoms with van der Waals surface area (Å²) in [5.74, 6) is 0.392. The van der Waals surface area contributed by atoms with Crippen LogP contribution in [0, 0.1) is 6.92 Å². The van der Waals surface area contributed by atoms with E-state index in [1.807, 2.05) is 0 Å². The molecule has 0 aromatic carbocycles. The highest BCUT2D eigenvalue weighted by Gasteiger charge is 2.45. The molecule has 3 N–H and O–H groups in total. The molecule has 0 amide bonds. The summed E-state index contributed by atoms with van der Waals surface area (Å²) < 4.78 is 7.23. The van der Waals surface area contributed by atoms with Crippen molar-refractivity contribution in [3.63, 3.8) is 0 Å². The highest BCUT2D eigenvalue weighted by molar-refractivity contribution is 7.72. The van der Waals surface area contributed by atoms with Gasteiger partial charge in [0.1, 0.15) is 18.0 Å². The second-order valence-electron chi connectivity index (χ2n) is 7.07. The van der Waals surface area contributed by atoms with Gasteiger partial charge in [-0.25, -0.2) is 9.97 Å². The molecule has 138 valence electrons. The van der Waals surface area contributed by atoms with Crippen LogP contribution in [0.2, 0.25) is 5.28 Å². The van der Waals surface area contributed by atoms with Gasteiger partial charge < -0.3 is 19.9 Å². The molecule has 3 heterocycles. The lowest BCUT2D eigenvalue weighted by Crippen LogP contribution is -2.32. The number of halogens is 1. The van der Waals surface area contributed by atoms with Gasteiger partial charge in [0.2, 0.25) is 5.28 Å². The monoisotopic (exact) mass is 388 g/mol. The second kappa shape index (κ2) is 6.52. The zero-order valence-corrected chi connectivity index (χ0v) is 16.0. The summed E-state index contributed by atoms with van der Waals surface area (Å²) in [4.78, 5) is 22.8. The van der Waals surface area contributed by atoms with Crippen molar-refractivity contribution < 1.29 is 14.9 Å². The Morgan fingerprint density at radius 2 is 2.04 bits per heavy atom. The summed E-state index contributed by atoms with van der Waals surface area (Å²) >= 11 is 6.16. The molecule has 4 atom stereocenters. The molecule has 3 rings (SSSR count). The molecule has 0 bridgehead atoms. The van der Waals surface area contributed by atoms with Gasteiger partial charge in [-0.3, -0.25) is 9.36 Å².